The van der Waals surface area contributed by atoms with E-state index < -0.39 is 5.97 Å². The number of ether oxygens (including phenoxy) is 1. The number of hydrogen-bond donors (Lipinski definition) is 2. The smallest absolute Gasteiger partial charge is 0.335 e. The molecule has 2 aromatic carbocycles. The van der Waals surface area contributed by atoms with Crippen molar-refractivity contribution in [1.82, 2.24) is 0 Å². The maximum absolute atomic E-state index is 12.2. The van der Waals surface area contributed by atoms with Crippen molar-refractivity contribution in [2.24, 2.45) is 0 Å². The minimum Gasteiger partial charge on any atom is -0.495 e. The lowest BCUT2D eigenvalue weighted by atomic mass is 9.96. The molecule has 24 heavy (non-hydrogen) atoms. The van der Waals surface area contributed by atoms with Gasteiger partial charge in [0.1, 0.15) is 5.75 Å². The van der Waals surface area contributed by atoms with Gasteiger partial charge in [0.25, 0.3) is 0 Å². The maximum Gasteiger partial charge on any atom is 0.335 e. The lowest BCUT2D eigenvalue weighted by Crippen LogP contribution is -2.13. The SMILES string of the molecule is COc1cc(C(=O)O)ccc1NC(=O)CCC(C)c1ccccc1. The van der Waals surface area contributed by atoms with E-state index in [-0.39, 0.29) is 17.4 Å². The van der Waals surface area contributed by atoms with Crippen LogP contribution in [0.25, 0.3) is 0 Å². The first-order valence-electron chi connectivity index (χ1n) is 7.77. The van der Waals surface area contributed by atoms with Crippen LogP contribution in [0.5, 0.6) is 5.75 Å². The standard InChI is InChI=1S/C19H21NO4/c1-13(14-6-4-3-5-7-14)8-11-18(21)20-16-10-9-15(19(22)23)12-17(16)24-2/h3-7,9-10,12-13H,8,11H2,1-2H3,(H,20,21)(H,22,23). The molecule has 0 aliphatic carbocycles. The molecule has 5 heteroatoms. The van der Waals surface area contributed by atoms with E-state index in [2.05, 4.69) is 24.4 Å². The summed E-state index contributed by atoms with van der Waals surface area (Å²) in [5.41, 5.74) is 1.79. The van der Waals surface area contributed by atoms with Gasteiger partial charge in [-0.2, -0.15) is 0 Å². The van der Waals surface area contributed by atoms with Gasteiger partial charge in [0.15, 0.2) is 0 Å². The highest BCUT2D eigenvalue weighted by Crippen LogP contribution is 2.26. The fraction of sp³-hybridized carbons (Fsp3) is 0.263. The molecule has 1 atom stereocenters. The molecule has 0 bridgehead atoms. The van der Waals surface area contributed by atoms with Crippen LogP contribution in [0.3, 0.4) is 0 Å². The highest BCUT2D eigenvalue weighted by atomic mass is 16.5. The molecule has 126 valence electrons. The second-order valence-electron chi connectivity index (χ2n) is 5.62. The molecule has 0 radical (unpaired) electrons. The van der Waals surface area contributed by atoms with E-state index >= 15 is 0 Å². The van der Waals surface area contributed by atoms with E-state index in [0.717, 1.165) is 6.42 Å². The van der Waals surface area contributed by atoms with E-state index in [1.807, 2.05) is 18.2 Å². The monoisotopic (exact) mass is 327 g/mol. The van der Waals surface area contributed by atoms with Crippen LogP contribution in [-0.4, -0.2) is 24.1 Å². The highest BCUT2D eigenvalue weighted by Gasteiger charge is 2.13. The molecule has 0 fully saturated rings. The maximum atomic E-state index is 12.2. The predicted octanol–water partition coefficient (Wildman–Crippen LogP) is 3.92. The molecule has 0 spiro atoms. The molecule has 0 saturated carbocycles. The van der Waals surface area contributed by atoms with Gasteiger partial charge < -0.3 is 15.2 Å². The summed E-state index contributed by atoms with van der Waals surface area (Å²) in [6.07, 6.45) is 1.10. The Labute approximate surface area is 141 Å². The lowest BCUT2D eigenvalue weighted by Gasteiger charge is -2.13. The van der Waals surface area contributed by atoms with Crippen molar-refractivity contribution >= 4 is 17.6 Å². The molecule has 5 nitrogen and oxygen atoms in total. The van der Waals surface area contributed by atoms with Crippen LogP contribution in [-0.2, 0) is 4.79 Å². The first-order chi connectivity index (χ1) is 11.5. The third kappa shape index (κ3) is 4.59. The van der Waals surface area contributed by atoms with Crippen LogP contribution >= 0.6 is 0 Å². The first-order valence-corrected chi connectivity index (χ1v) is 7.77. The number of anilines is 1. The molecule has 1 amide bonds. The number of nitrogens with one attached hydrogen (secondary N) is 1. The Kier molecular flexibility index (Phi) is 5.95. The van der Waals surface area contributed by atoms with Crippen LogP contribution < -0.4 is 10.1 Å². The normalized spacial score (nSPS) is 11.6. The number of carbonyl (C=O) groups is 2. The van der Waals surface area contributed by atoms with Gasteiger partial charge in [0, 0.05) is 6.42 Å². The third-order valence-corrected chi connectivity index (χ3v) is 3.90. The summed E-state index contributed by atoms with van der Waals surface area (Å²) in [5.74, 6) is -0.547. The molecule has 2 aromatic rings. The third-order valence-electron chi connectivity index (χ3n) is 3.90. The van der Waals surface area contributed by atoms with Gasteiger partial charge in [-0.1, -0.05) is 37.3 Å². The summed E-state index contributed by atoms with van der Waals surface area (Å²) in [6, 6.07) is 14.4. The summed E-state index contributed by atoms with van der Waals surface area (Å²) >= 11 is 0. The minimum atomic E-state index is -1.04. The van der Waals surface area contributed by atoms with Gasteiger partial charge in [-0.05, 0) is 36.1 Å². The summed E-state index contributed by atoms with van der Waals surface area (Å²) in [7, 11) is 1.44. The van der Waals surface area contributed by atoms with Gasteiger partial charge in [0.05, 0.1) is 18.4 Å². The average molecular weight is 327 g/mol. The number of rotatable bonds is 7. The molecule has 1 unspecified atom stereocenters. The molecule has 0 saturated heterocycles. The van der Waals surface area contributed by atoms with Crippen LogP contribution in [0.15, 0.2) is 48.5 Å². The Hall–Kier alpha value is -2.82. The van der Waals surface area contributed by atoms with E-state index in [4.69, 9.17) is 9.84 Å². The minimum absolute atomic E-state index is 0.113. The topological polar surface area (TPSA) is 75.6 Å². The number of carboxylic acids is 1. The van der Waals surface area contributed by atoms with Crippen LogP contribution in [0.4, 0.5) is 5.69 Å². The molecule has 2 N–H and O–H groups in total. The van der Waals surface area contributed by atoms with Gasteiger partial charge in [-0.15, -0.1) is 0 Å². The highest BCUT2D eigenvalue weighted by molar-refractivity contribution is 5.94. The summed E-state index contributed by atoms with van der Waals surface area (Å²) in [4.78, 5) is 23.1. The molecular formula is C19H21NO4. The first kappa shape index (κ1) is 17.5. The summed E-state index contributed by atoms with van der Waals surface area (Å²) < 4.78 is 5.15. The number of carboxylic acid groups (broad SMARTS) is 1. The summed E-state index contributed by atoms with van der Waals surface area (Å²) in [6.45, 7) is 2.09. The predicted molar refractivity (Wildman–Crippen MR) is 92.7 cm³/mol. The van der Waals surface area contributed by atoms with Crippen molar-refractivity contribution in [2.45, 2.75) is 25.7 Å². The number of hydrogen-bond acceptors (Lipinski definition) is 3. The fourth-order valence-corrected chi connectivity index (χ4v) is 2.44. The number of aromatic carboxylic acids is 1. The fourth-order valence-electron chi connectivity index (χ4n) is 2.44. The van der Waals surface area contributed by atoms with E-state index in [1.165, 1.54) is 24.8 Å². The number of amides is 1. The van der Waals surface area contributed by atoms with Gasteiger partial charge in [-0.3, -0.25) is 4.79 Å². The van der Waals surface area contributed by atoms with Crippen molar-refractivity contribution in [3.8, 4) is 5.75 Å². The number of benzene rings is 2. The van der Waals surface area contributed by atoms with Gasteiger partial charge in [-0.25, -0.2) is 4.79 Å². The second-order valence-corrected chi connectivity index (χ2v) is 5.62. The molecular weight excluding hydrogens is 306 g/mol. The number of methoxy groups -OCH3 is 1. The Balaban J connectivity index is 1.96. The zero-order chi connectivity index (χ0) is 17.5. The molecule has 0 heterocycles. The van der Waals surface area contributed by atoms with Crippen molar-refractivity contribution < 1.29 is 19.4 Å². The molecule has 0 aromatic heterocycles. The van der Waals surface area contributed by atoms with Crippen LogP contribution in [0, 0.1) is 0 Å². The van der Waals surface area contributed by atoms with E-state index in [9.17, 15) is 9.59 Å². The van der Waals surface area contributed by atoms with E-state index in [0.29, 0.717) is 17.9 Å². The molecule has 0 aliphatic rings. The van der Waals surface area contributed by atoms with Crippen molar-refractivity contribution in [3.63, 3.8) is 0 Å². The Bertz CT molecular complexity index is 713. The molecule has 2 rings (SSSR count). The zero-order valence-corrected chi connectivity index (χ0v) is 13.8. The van der Waals surface area contributed by atoms with Crippen molar-refractivity contribution in [2.75, 3.05) is 12.4 Å². The van der Waals surface area contributed by atoms with Gasteiger partial charge >= 0.3 is 5.97 Å². The Morgan fingerprint density at radius 3 is 2.50 bits per heavy atom. The van der Waals surface area contributed by atoms with Crippen LogP contribution in [0.1, 0.15) is 41.6 Å². The second kappa shape index (κ2) is 8.15. The number of carbonyl (C=O) groups excluding carboxylic acids is 1. The van der Waals surface area contributed by atoms with Gasteiger partial charge in [0.2, 0.25) is 5.91 Å². The van der Waals surface area contributed by atoms with Crippen molar-refractivity contribution in [1.29, 1.82) is 0 Å². The molecule has 0 aliphatic heterocycles. The van der Waals surface area contributed by atoms with E-state index in [1.54, 1.807) is 6.07 Å². The average Bonchev–Trinajstić information content (AvgIpc) is 2.60. The Morgan fingerprint density at radius 2 is 1.88 bits per heavy atom. The summed E-state index contributed by atoms with van der Waals surface area (Å²) in [5, 5.41) is 11.8. The largest absolute Gasteiger partial charge is 0.495 e. The lowest BCUT2D eigenvalue weighted by molar-refractivity contribution is -0.116. The quantitative estimate of drug-likeness (QED) is 0.808. The van der Waals surface area contributed by atoms with Crippen LogP contribution in [0.2, 0.25) is 0 Å². The Morgan fingerprint density at radius 1 is 1.17 bits per heavy atom. The van der Waals surface area contributed by atoms with Crippen molar-refractivity contribution in [3.05, 3.63) is 59.7 Å². The zero-order valence-electron chi connectivity index (χ0n) is 13.8.